The lowest BCUT2D eigenvalue weighted by atomic mass is 9.93. The number of ether oxygens (including phenoxy) is 2. The van der Waals surface area contributed by atoms with Crippen LogP contribution in [-0.4, -0.2) is 63.8 Å². The van der Waals surface area contributed by atoms with Gasteiger partial charge in [0.1, 0.15) is 5.75 Å². The summed E-state index contributed by atoms with van der Waals surface area (Å²) in [4.78, 5) is 17.4. The van der Waals surface area contributed by atoms with E-state index in [2.05, 4.69) is 46.3 Å². The van der Waals surface area contributed by atoms with E-state index >= 15 is 0 Å². The van der Waals surface area contributed by atoms with E-state index in [-0.39, 0.29) is 12.0 Å². The fourth-order valence-corrected chi connectivity index (χ4v) is 4.72. The first-order chi connectivity index (χ1) is 16.2. The molecule has 1 N–H and O–H groups in total. The van der Waals surface area contributed by atoms with Crippen LogP contribution in [0, 0.1) is 0 Å². The van der Waals surface area contributed by atoms with Crippen molar-refractivity contribution in [2.24, 2.45) is 0 Å². The van der Waals surface area contributed by atoms with Crippen molar-refractivity contribution in [1.29, 1.82) is 0 Å². The van der Waals surface area contributed by atoms with Crippen LogP contribution in [0.1, 0.15) is 53.8 Å². The van der Waals surface area contributed by atoms with Gasteiger partial charge in [-0.25, -0.2) is 0 Å². The first-order valence-corrected chi connectivity index (χ1v) is 12.3. The highest BCUT2D eigenvalue weighted by Gasteiger charge is 2.24. The van der Waals surface area contributed by atoms with Crippen molar-refractivity contribution in [2.75, 3.05) is 57.9 Å². The summed E-state index contributed by atoms with van der Waals surface area (Å²) < 4.78 is 11.4. The van der Waals surface area contributed by atoms with Gasteiger partial charge in [0.2, 0.25) is 0 Å². The molecule has 4 rings (SSSR count). The molecule has 1 amide bonds. The summed E-state index contributed by atoms with van der Waals surface area (Å²) in [7, 11) is 1.70. The van der Waals surface area contributed by atoms with Crippen molar-refractivity contribution < 1.29 is 14.3 Å². The molecule has 2 aromatic carbocycles. The van der Waals surface area contributed by atoms with Gasteiger partial charge in [0.15, 0.2) is 0 Å². The summed E-state index contributed by atoms with van der Waals surface area (Å²) in [6.07, 6.45) is 4.08. The van der Waals surface area contributed by atoms with Crippen molar-refractivity contribution in [3.05, 3.63) is 59.2 Å². The van der Waals surface area contributed by atoms with E-state index in [4.69, 9.17) is 9.47 Å². The molecule has 0 aliphatic carbocycles. The number of anilines is 1. The Morgan fingerprint density at radius 1 is 1.12 bits per heavy atom. The second-order valence-electron chi connectivity index (χ2n) is 8.95. The van der Waals surface area contributed by atoms with Gasteiger partial charge in [-0.05, 0) is 66.8 Å². The highest BCUT2D eigenvalue weighted by Crippen LogP contribution is 2.31. The molecule has 2 aliphatic rings. The molecule has 6 heteroatoms. The Labute approximate surface area is 197 Å². The second kappa shape index (κ2) is 11.5. The smallest absolute Gasteiger partial charge is 0.251 e. The quantitative estimate of drug-likeness (QED) is 0.583. The Balaban J connectivity index is 1.28. The number of fused-ring (bicyclic) bond motifs is 1. The van der Waals surface area contributed by atoms with E-state index < -0.39 is 0 Å². The Kier molecular flexibility index (Phi) is 8.24. The van der Waals surface area contributed by atoms with Gasteiger partial charge in [-0.3, -0.25) is 9.69 Å². The number of unbranched alkanes of at least 4 members (excludes halogenated alkanes) is 1. The van der Waals surface area contributed by atoms with Crippen molar-refractivity contribution in [1.82, 2.24) is 10.2 Å². The standard InChI is InChI=1S/C27H37N3O3/c1-3-4-13-28-27(31)22-5-10-25-21(20-22)12-19-33-26(25)11-14-29-15-17-30(18-16-29)23-6-8-24(32-2)9-7-23/h5-10,20,26H,3-4,11-19H2,1-2H3,(H,28,31). The molecule has 1 unspecified atom stereocenters. The summed E-state index contributed by atoms with van der Waals surface area (Å²) in [6, 6.07) is 14.5. The Morgan fingerprint density at radius 3 is 2.64 bits per heavy atom. The largest absolute Gasteiger partial charge is 0.497 e. The lowest BCUT2D eigenvalue weighted by Crippen LogP contribution is -2.46. The van der Waals surface area contributed by atoms with Crippen LogP contribution in [0.2, 0.25) is 0 Å². The normalized spacial score (nSPS) is 18.6. The number of hydrogen-bond donors (Lipinski definition) is 1. The molecule has 33 heavy (non-hydrogen) atoms. The minimum Gasteiger partial charge on any atom is -0.497 e. The molecule has 1 fully saturated rings. The molecular weight excluding hydrogens is 414 g/mol. The highest BCUT2D eigenvalue weighted by atomic mass is 16.5. The first-order valence-electron chi connectivity index (χ1n) is 12.3. The Bertz CT molecular complexity index is 907. The molecular formula is C27H37N3O3. The van der Waals surface area contributed by atoms with Gasteiger partial charge in [-0.15, -0.1) is 0 Å². The predicted octanol–water partition coefficient (Wildman–Crippen LogP) is 4.05. The first kappa shape index (κ1) is 23.6. The van der Waals surface area contributed by atoms with E-state index in [9.17, 15) is 4.79 Å². The maximum absolute atomic E-state index is 12.4. The van der Waals surface area contributed by atoms with Gasteiger partial charge < -0.3 is 19.7 Å². The summed E-state index contributed by atoms with van der Waals surface area (Å²) in [6.45, 7) is 8.81. The summed E-state index contributed by atoms with van der Waals surface area (Å²) >= 11 is 0. The number of piperazine rings is 1. The van der Waals surface area contributed by atoms with Crippen molar-refractivity contribution in [3.63, 3.8) is 0 Å². The van der Waals surface area contributed by atoms with Gasteiger partial charge in [0.05, 0.1) is 19.8 Å². The second-order valence-corrected chi connectivity index (χ2v) is 8.95. The molecule has 2 aliphatic heterocycles. The van der Waals surface area contributed by atoms with Crippen LogP contribution in [0.4, 0.5) is 5.69 Å². The molecule has 0 radical (unpaired) electrons. The van der Waals surface area contributed by atoms with Gasteiger partial charge in [-0.1, -0.05) is 19.4 Å². The lowest BCUT2D eigenvalue weighted by molar-refractivity contribution is 0.0288. The summed E-state index contributed by atoms with van der Waals surface area (Å²) in [5.74, 6) is 0.929. The number of benzene rings is 2. The number of nitrogens with zero attached hydrogens (tertiary/aromatic N) is 2. The third-order valence-corrected chi connectivity index (χ3v) is 6.78. The molecule has 0 aromatic heterocycles. The Morgan fingerprint density at radius 2 is 1.91 bits per heavy atom. The number of amides is 1. The van der Waals surface area contributed by atoms with Crippen LogP contribution in [0.25, 0.3) is 0 Å². The number of methoxy groups -OCH3 is 1. The van der Waals surface area contributed by atoms with Crippen LogP contribution >= 0.6 is 0 Å². The fraction of sp³-hybridized carbons (Fsp3) is 0.519. The van der Waals surface area contributed by atoms with Crippen LogP contribution in [0.5, 0.6) is 5.75 Å². The minimum absolute atomic E-state index is 0.0315. The van der Waals surface area contributed by atoms with Gasteiger partial charge in [0, 0.05) is 50.5 Å². The minimum atomic E-state index is 0.0315. The number of hydrogen-bond acceptors (Lipinski definition) is 5. The van der Waals surface area contributed by atoms with Crippen molar-refractivity contribution in [2.45, 2.75) is 38.7 Å². The van der Waals surface area contributed by atoms with Gasteiger partial charge in [-0.2, -0.15) is 0 Å². The number of nitrogens with one attached hydrogen (secondary N) is 1. The SMILES string of the molecule is CCCCNC(=O)c1ccc2c(c1)CCOC2CCN1CCN(c2ccc(OC)cc2)CC1. The monoisotopic (exact) mass is 451 g/mol. The van der Waals surface area contributed by atoms with Crippen LogP contribution in [0.3, 0.4) is 0 Å². The zero-order chi connectivity index (χ0) is 23.0. The summed E-state index contributed by atoms with van der Waals surface area (Å²) in [5.41, 5.74) is 4.54. The maximum atomic E-state index is 12.4. The van der Waals surface area contributed by atoms with E-state index in [1.165, 1.54) is 16.8 Å². The lowest BCUT2D eigenvalue weighted by Gasteiger charge is -2.37. The molecule has 178 valence electrons. The van der Waals surface area contributed by atoms with E-state index in [1.807, 2.05) is 18.2 Å². The molecule has 1 atom stereocenters. The van der Waals surface area contributed by atoms with E-state index in [0.29, 0.717) is 0 Å². The molecule has 6 nitrogen and oxygen atoms in total. The zero-order valence-corrected chi connectivity index (χ0v) is 20.0. The number of rotatable bonds is 9. The molecule has 1 saturated heterocycles. The molecule has 2 heterocycles. The van der Waals surface area contributed by atoms with E-state index in [0.717, 1.165) is 82.9 Å². The topological polar surface area (TPSA) is 54.0 Å². The van der Waals surface area contributed by atoms with Crippen LogP contribution in [-0.2, 0) is 11.2 Å². The molecule has 0 saturated carbocycles. The molecule has 0 spiro atoms. The Hall–Kier alpha value is -2.57. The van der Waals surface area contributed by atoms with Crippen molar-refractivity contribution >= 4 is 11.6 Å². The van der Waals surface area contributed by atoms with Gasteiger partial charge in [0.25, 0.3) is 5.91 Å². The fourth-order valence-electron chi connectivity index (χ4n) is 4.72. The highest BCUT2D eigenvalue weighted by molar-refractivity contribution is 5.94. The zero-order valence-electron chi connectivity index (χ0n) is 20.0. The average Bonchev–Trinajstić information content (AvgIpc) is 2.87. The van der Waals surface area contributed by atoms with Gasteiger partial charge >= 0.3 is 0 Å². The third-order valence-electron chi connectivity index (χ3n) is 6.78. The predicted molar refractivity (Wildman–Crippen MR) is 132 cm³/mol. The maximum Gasteiger partial charge on any atom is 0.251 e. The molecule has 0 bridgehead atoms. The third kappa shape index (κ3) is 6.06. The van der Waals surface area contributed by atoms with Crippen LogP contribution < -0.4 is 15.0 Å². The number of carbonyl (C=O) groups is 1. The number of carbonyl (C=O) groups excluding carboxylic acids is 1. The summed E-state index contributed by atoms with van der Waals surface area (Å²) in [5, 5.41) is 3.02. The van der Waals surface area contributed by atoms with Crippen LogP contribution in [0.15, 0.2) is 42.5 Å². The molecule has 2 aromatic rings. The average molecular weight is 452 g/mol. The van der Waals surface area contributed by atoms with E-state index in [1.54, 1.807) is 7.11 Å². The van der Waals surface area contributed by atoms with Crippen molar-refractivity contribution in [3.8, 4) is 5.75 Å².